The smallest absolute Gasteiger partial charge is 0.150 e. The second-order valence-electron chi connectivity index (χ2n) is 3.71. The maximum absolute atomic E-state index is 13.4. The molecule has 0 N–H and O–H groups in total. The van der Waals surface area contributed by atoms with Crippen LogP contribution in [0.3, 0.4) is 0 Å². The van der Waals surface area contributed by atoms with E-state index in [1.54, 1.807) is 24.3 Å². The summed E-state index contributed by atoms with van der Waals surface area (Å²) in [7, 11) is 0. The lowest BCUT2D eigenvalue weighted by molar-refractivity contribution is 0.112. The van der Waals surface area contributed by atoms with E-state index in [4.69, 9.17) is 0 Å². The number of rotatable bonds is 4. The summed E-state index contributed by atoms with van der Waals surface area (Å²) in [4.78, 5) is 11.4. The van der Waals surface area contributed by atoms with Gasteiger partial charge in [0.25, 0.3) is 0 Å². The highest BCUT2D eigenvalue weighted by molar-refractivity contribution is 7.98. The molecule has 0 unspecified atom stereocenters. The Balaban J connectivity index is 2.04. The van der Waals surface area contributed by atoms with Crippen molar-refractivity contribution in [2.45, 2.75) is 10.6 Å². The van der Waals surface area contributed by atoms with Crippen molar-refractivity contribution in [3.05, 3.63) is 65.2 Å². The third-order valence-electron chi connectivity index (χ3n) is 2.43. The number of benzene rings is 2. The van der Waals surface area contributed by atoms with Crippen LogP contribution in [0.2, 0.25) is 0 Å². The molecule has 2 aromatic rings. The zero-order chi connectivity index (χ0) is 13.0. The molecular formula is C14H10F2OS. The molecule has 0 aliphatic rings. The molecule has 0 aliphatic carbocycles. The monoisotopic (exact) mass is 264 g/mol. The van der Waals surface area contributed by atoms with Crippen LogP contribution in [0.4, 0.5) is 8.78 Å². The summed E-state index contributed by atoms with van der Waals surface area (Å²) in [5, 5.41) is 0. The van der Waals surface area contributed by atoms with Crippen molar-refractivity contribution in [2.24, 2.45) is 0 Å². The number of thioether (sulfide) groups is 1. The SMILES string of the molecule is O=Cc1ccc(SCc2ccc(F)cc2F)cc1. The van der Waals surface area contributed by atoms with Gasteiger partial charge in [-0.3, -0.25) is 4.79 Å². The molecule has 0 fully saturated rings. The van der Waals surface area contributed by atoms with Crippen LogP contribution in [0.25, 0.3) is 0 Å². The number of halogens is 2. The minimum atomic E-state index is -0.573. The van der Waals surface area contributed by atoms with Gasteiger partial charge in [-0.25, -0.2) is 8.78 Å². The minimum Gasteiger partial charge on any atom is -0.298 e. The fourth-order valence-corrected chi connectivity index (χ4v) is 2.33. The summed E-state index contributed by atoms with van der Waals surface area (Å²) in [5.74, 6) is -0.685. The van der Waals surface area contributed by atoms with E-state index in [0.29, 0.717) is 16.9 Å². The van der Waals surface area contributed by atoms with E-state index in [0.717, 1.165) is 17.2 Å². The van der Waals surface area contributed by atoms with E-state index in [9.17, 15) is 13.6 Å². The van der Waals surface area contributed by atoms with Gasteiger partial charge in [0.1, 0.15) is 17.9 Å². The van der Waals surface area contributed by atoms with Crippen molar-refractivity contribution in [3.63, 3.8) is 0 Å². The largest absolute Gasteiger partial charge is 0.298 e. The average molecular weight is 264 g/mol. The van der Waals surface area contributed by atoms with Crippen LogP contribution in [0.5, 0.6) is 0 Å². The Hall–Kier alpha value is -1.68. The molecule has 0 radical (unpaired) electrons. The zero-order valence-electron chi connectivity index (χ0n) is 9.40. The topological polar surface area (TPSA) is 17.1 Å². The van der Waals surface area contributed by atoms with Crippen LogP contribution < -0.4 is 0 Å². The number of hydrogen-bond donors (Lipinski definition) is 0. The summed E-state index contributed by atoms with van der Waals surface area (Å²) < 4.78 is 26.1. The standard InChI is InChI=1S/C14H10F2OS/c15-12-4-3-11(14(16)7-12)9-18-13-5-1-10(8-17)2-6-13/h1-8H,9H2. The summed E-state index contributed by atoms with van der Waals surface area (Å²) in [6.07, 6.45) is 0.772. The van der Waals surface area contributed by atoms with Crippen LogP contribution in [-0.2, 0) is 5.75 Å². The van der Waals surface area contributed by atoms with Crippen molar-refractivity contribution in [1.82, 2.24) is 0 Å². The number of carbonyl (C=O) groups excluding carboxylic acids is 1. The molecule has 0 heterocycles. The molecule has 4 heteroatoms. The molecule has 18 heavy (non-hydrogen) atoms. The van der Waals surface area contributed by atoms with E-state index in [1.165, 1.54) is 23.9 Å². The lowest BCUT2D eigenvalue weighted by Crippen LogP contribution is -1.89. The van der Waals surface area contributed by atoms with E-state index in [-0.39, 0.29) is 0 Å². The van der Waals surface area contributed by atoms with Crippen molar-refractivity contribution in [3.8, 4) is 0 Å². The Morgan fingerprint density at radius 2 is 1.78 bits per heavy atom. The van der Waals surface area contributed by atoms with E-state index in [1.807, 2.05) is 0 Å². The van der Waals surface area contributed by atoms with Crippen molar-refractivity contribution in [1.29, 1.82) is 0 Å². The van der Waals surface area contributed by atoms with Gasteiger partial charge >= 0.3 is 0 Å². The third-order valence-corrected chi connectivity index (χ3v) is 3.49. The molecule has 0 aliphatic heterocycles. The summed E-state index contributed by atoms with van der Waals surface area (Å²) >= 11 is 1.43. The van der Waals surface area contributed by atoms with Crippen LogP contribution in [0.15, 0.2) is 47.4 Å². The fraction of sp³-hybridized carbons (Fsp3) is 0.0714. The first-order chi connectivity index (χ1) is 8.69. The number of aldehydes is 1. The Morgan fingerprint density at radius 1 is 1.06 bits per heavy atom. The first-order valence-electron chi connectivity index (χ1n) is 5.31. The third kappa shape index (κ3) is 3.17. The van der Waals surface area contributed by atoms with Gasteiger partial charge in [-0.2, -0.15) is 0 Å². The van der Waals surface area contributed by atoms with E-state index in [2.05, 4.69) is 0 Å². The highest BCUT2D eigenvalue weighted by atomic mass is 32.2. The summed E-state index contributed by atoms with van der Waals surface area (Å²) in [5.41, 5.74) is 1.06. The van der Waals surface area contributed by atoms with Crippen molar-refractivity contribution < 1.29 is 13.6 Å². The van der Waals surface area contributed by atoms with Gasteiger partial charge in [0.05, 0.1) is 0 Å². The molecule has 0 amide bonds. The molecule has 2 aromatic carbocycles. The average Bonchev–Trinajstić information content (AvgIpc) is 2.38. The van der Waals surface area contributed by atoms with Crippen molar-refractivity contribution in [2.75, 3.05) is 0 Å². The zero-order valence-corrected chi connectivity index (χ0v) is 10.2. The molecule has 0 atom stereocenters. The maximum Gasteiger partial charge on any atom is 0.150 e. The molecule has 0 spiro atoms. The molecule has 0 aromatic heterocycles. The maximum atomic E-state index is 13.4. The Morgan fingerprint density at radius 3 is 2.39 bits per heavy atom. The normalized spacial score (nSPS) is 10.3. The summed E-state index contributed by atoms with van der Waals surface area (Å²) in [6.45, 7) is 0. The molecule has 2 rings (SSSR count). The lowest BCUT2D eigenvalue weighted by atomic mass is 10.2. The Labute approximate surface area is 108 Å². The van der Waals surface area contributed by atoms with Gasteiger partial charge in [0, 0.05) is 22.3 Å². The predicted molar refractivity (Wildman–Crippen MR) is 67.7 cm³/mol. The van der Waals surface area contributed by atoms with Crippen LogP contribution in [-0.4, -0.2) is 6.29 Å². The van der Waals surface area contributed by atoms with Gasteiger partial charge in [0.15, 0.2) is 0 Å². The summed E-state index contributed by atoms with van der Waals surface area (Å²) in [6, 6.07) is 10.6. The highest BCUT2D eigenvalue weighted by Gasteiger charge is 2.04. The number of carbonyl (C=O) groups is 1. The Bertz CT molecular complexity index is 552. The van der Waals surface area contributed by atoms with Crippen LogP contribution >= 0.6 is 11.8 Å². The van der Waals surface area contributed by atoms with E-state index < -0.39 is 11.6 Å². The van der Waals surface area contributed by atoms with Gasteiger partial charge in [0.2, 0.25) is 0 Å². The lowest BCUT2D eigenvalue weighted by Gasteiger charge is -2.04. The van der Waals surface area contributed by atoms with Gasteiger partial charge in [-0.1, -0.05) is 18.2 Å². The molecule has 0 bridgehead atoms. The molecule has 92 valence electrons. The molecule has 0 saturated heterocycles. The van der Waals surface area contributed by atoms with Crippen molar-refractivity contribution >= 4 is 18.0 Å². The first kappa shape index (κ1) is 12.8. The van der Waals surface area contributed by atoms with Crippen LogP contribution in [0, 0.1) is 11.6 Å². The van der Waals surface area contributed by atoms with Gasteiger partial charge in [-0.15, -0.1) is 11.8 Å². The fourth-order valence-electron chi connectivity index (χ4n) is 1.44. The first-order valence-corrected chi connectivity index (χ1v) is 6.29. The second-order valence-corrected chi connectivity index (χ2v) is 4.76. The highest BCUT2D eigenvalue weighted by Crippen LogP contribution is 2.24. The molecular weight excluding hydrogens is 254 g/mol. The van der Waals surface area contributed by atoms with E-state index >= 15 is 0 Å². The Kier molecular flexibility index (Phi) is 4.10. The second kappa shape index (κ2) is 5.78. The quantitative estimate of drug-likeness (QED) is 0.611. The van der Waals surface area contributed by atoms with Gasteiger partial charge in [-0.05, 0) is 23.8 Å². The number of hydrogen-bond acceptors (Lipinski definition) is 2. The predicted octanol–water partition coefficient (Wildman–Crippen LogP) is 4.07. The minimum absolute atomic E-state index is 0.423. The molecule has 1 nitrogen and oxygen atoms in total. The van der Waals surface area contributed by atoms with Crippen LogP contribution in [0.1, 0.15) is 15.9 Å². The molecule has 0 saturated carbocycles. The van der Waals surface area contributed by atoms with Gasteiger partial charge < -0.3 is 0 Å².